The molecule has 2 nitrogen and oxygen atoms in total. The number of rotatable bonds is 1. The summed E-state index contributed by atoms with van der Waals surface area (Å²) in [6.07, 6.45) is 2.49. The highest BCUT2D eigenvalue weighted by atomic mass is 32.2. The zero-order valence-electron chi connectivity index (χ0n) is 9.21. The van der Waals surface area contributed by atoms with Gasteiger partial charge in [0.2, 0.25) is 0 Å². The van der Waals surface area contributed by atoms with Gasteiger partial charge >= 0.3 is 0 Å². The lowest BCUT2D eigenvalue weighted by atomic mass is 9.93. The Morgan fingerprint density at radius 2 is 2.36 bits per heavy atom. The first-order chi connectivity index (χ1) is 6.72. The number of ether oxygens (including phenoxy) is 1. The highest BCUT2D eigenvalue weighted by molar-refractivity contribution is 7.99. The first kappa shape index (κ1) is 10.8. The van der Waals surface area contributed by atoms with Crippen molar-refractivity contribution in [2.45, 2.75) is 32.4 Å². The van der Waals surface area contributed by atoms with Crippen molar-refractivity contribution in [3.05, 3.63) is 0 Å². The van der Waals surface area contributed by atoms with Crippen molar-refractivity contribution in [2.75, 3.05) is 24.7 Å². The Morgan fingerprint density at radius 3 is 2.86 bits per heavy atom. The lowest BCUT2D eigenvalue weighted by molar-refractivity contribution is -0.113. The van der Waals surface area contributed by atoms with Crippen LogP contribution in [0.1, 0.15) is 26.7 Å². The summed E-state index contributed by atoms with van der Waals surface area (Å²) in [4.78, 5) is 0. The van der Waals surface area contributed by atoms with Crippen LogP contribution in [0.2, 0.25) is 0 Å². The molecule has 2 aliphatic rings. The maximum Gasteiger partial charge on any atom is 0.128 e. The van der Waals surface area contributed by atoms with Gasteiger partial charge in [0.05, 0.1) is 6.61 Å². The zero-order valence-corrected chi connectivity index (χ0v) is 10.0. The van der Waals surface area contributed by atoms with Gasteiger partial charge in [0, 0.05) is 12.3 Å². The maximum atomic E-state index is 6.05. The Labute approximate surface area is 91.2 Å². The molecule has 0 aromatic rings. The van der Waals surface area contributed by atoms with Crippen LogP contribution in [0.15, 0.2) is 0 Å². The molecule has 1 spiro atoms. The molecule has 0 bridgehead atoms. The number of hydrogen-bond acceptors (Lipinski definition) is 3. The first-order valence-corrected chi connectivity index (χ1v) is 6.84. The predicted octanol–water partition coefficient (Wildman–Crippen LogP) is 2.10. The Hall–Kier alpha value is 0.270. The van der Waals surface area contributed by atoms with Crippen LogP contribution >= 0.6 is 11.8 Å². The van der Waals surface area contributed by atoms with E-state index in [2.05, 4.69) is 19.2 Å². The molecule has 0 aromatic heterocycles. The van der Waals surface area contributed by atoms with E-state index in [-0.39, 0.29) is 5.72 Å². The topological polar surface area (TPSA) is 21.3 Å². The molecule has 2 rings (SSSR count). The molecular formula is C11H21NOS. The largest absolute Gasteiger partial charge is 0.359 e. The Balaban J connectivity index is 1.87. The van der Waals surface area contributed by atoms with Crippen molar-refractivity contribution in [3.63, 3.8) is 0 Å². The van der Waals surface area contributed by atoms with Crippen LogP contribution in [-0.4, -0.2) is 30.4 Å². The van der Waals surface area contributed by atoms with Gasteiger partial charge in [-0.25, -0.2) is 0 Å². The molecule has 82 valence electrons. The summed E-state index contributed by atoms with van der Waals surface area (Å²) in [5.41, 5.74) is 0.0360. The van der Waals surface area contributed by atoms with E-state index < -0.39 is 0 Å². The molecular weight excluding hydrogens is 194 g/mol. The second-order valence-corrected chi connectivity index (χ2v) is 5.95. The zero-order chi connectivity index (χ0) is 10.0. The molecule has 0 amide bonds. The van der Waals surface area contributed by atoms with Crippen molar-refractivity contribution in [2.24, 2.45) is 11.8 Å². The quantitative estimate of drug-likeness (QED) is 0.724. The van der Waals surface area contributed by atoms with Crippen LogP contribution in [0, 0.1) is 11.8 Å². The smallest absolute Gasteiger partial charge is 0.128 e. The van der Waals surface area contributed by atoms with E-state index in [1.54, 1.807) is 0 Å². The average Bonchev–Trinajstić information content (AvgIpc) is 2.19. The van der Waals surface area contributed by atoms with Crippen molar-refractivity contribution in [1.82, 2.24) is 5.32 Å². The highest BCUT2D eigenvalue weighted by Crippen LogP contribution is 2.31. The molecule has 2 aliphatic heterocycles. The van der Waals surface area contributed by atoms with E-state index in [0.29, 0.717) is 5.92 Å². The van der Waals surface area contributed by atoms with E-state index >= 15 is 0 Å². The molecule has 14 heavy (non-hydrogen) atoms. The number of nitrogens with one attached hydrogen (secondary N) is 1. The van der Waals surface area contributed by atoms with Gasteiger partial charge in [-0.3, -0.25) is 5.32 Å². The van der Waals surface area contributed by atoms with Crippen molar-refractivity contribution < 1.29 is 4.74 Å². The van der Waals surface area contributed by atoms with Crippen LogP contribution in [0.4, 0.5) is 0 Å². The van der Waals surface area contributed by atoms with E-state index in [4.69, 9.17) is 4.74 Å². The second kappa shape index (κ2) is 4.42. The maximum absolute atomic E-state index is 6.05. The minimum Gasteiger partial charge on any atom is -0.359 e. The molecule has 0 aromatic carbocycles. The monoisotopic (exact) mass is 215 g/mol. The minimum absolute atomic E-state index is 0.0360. The van der Waals surface area contributed by atoms with Gasteiger partial charge in [-0.2, -0.15) is 11.8 Å². The molecule has 1 N–H and O–H groups in total. The van der Waals surface area contributed by atoms with Crippen LogP contribution in [0.5, 0.6) is 0 Å². The van der Waals surface area contributed by atoms with Crippen LogP contribution < -0.4 is 5.32 Å². The molecule has 0 aliphatic carbocycles. The van der Waals surface area contributed by atoms with Gasteiger partial charge in [0.15, 0.2) is 0 Å². The van der Waals surface area contributed by atoms with Crippen molar-refractivity contribution >= 4 is 11.8 Å². The summed E-state index contributed by atoms with van der Waals surface area (Å²) in [6.45, 7) is 6.65. The molecule has 2 unspecified atom stereocenters. The molecule has 3 heteroatoms. The molecule has 2 fully saturated rings. The van der Waals surface area contributed by atoms with Gasteiger partial charge in [-0.15, -0.1) is 0 Å². The van der Waals surface area contributed by atoms with Gasteiger partial charge < -0.3 is 4.74 Å². The fourth-order valence-electron chi connectivity index (χ4n) is 2.14. The summed E-state index contributed by atoms with van der Waals surface area (Å²) in [5, 5.41) is 3.62. The molecule has 0 saturated carbocycles. The van der Waals surface area contributed by atoms with E-state index in [1.807, 2.05) is 11.8 Å². The van der Waals surface area contributed by atoms with Gasteiger partial charge in [-0.05, 0) is 30.4 Å². The Bertz CT molecular complexity index is 180. The van der Waals surface area contributed by atoms with E-state index in [9.17, 15) is 0 Å². The van der Waals surface area contributed by atoms with Crippen molar-refractivity contribution in [1.29, 1.82) is 0 Å². The summed E-state index contributed by atoms with van der Waals surface area (Å²) in [5.74, 6) is 3.88. The van der Waals surface area contributed by atoms with Gasteiger partial charge in [0.1, 0.15) is 5.72 Å². The third kappa shape index (κ3) is 2.26. The number of thioether (sulfide) groups is 1. The molecule has 2 atom stereocenters. The fraction of sp³-hybridized carbons (Fsp3) is 1.00. The summed E-state index contributed by atoms with van der Waals surface area (Å²) < 4.78 is 6.05. The van der Waals surface area contributed by atoms with Gasteiger partial charge in [-0.1, -0.05) is 13.8 Å². The van der Waals surface area contributed by atoms with Crippen LogP contribution in [-0.2, 0) is 4.74 Å². The standard InChI is InChI=1S/C11H21NOS/c1-9(2)10-6-12-11(13-7-10)4-3-5-14-8-11/h9-10,12H,3-8H2,1-2H3. The lowest BCUT2D eigenvalue weighted by Crippen LogP contribution is -2.58. The van der Waals surface area contributed by atoms with Gasteiger partial charge in [0.25, 0.3) is 0 Å². The number of hydrogen-bond donors (Lipinski definition) is 1. The second-order valence-electron chi connectivity index (χ2n) is 4.85. The van der Waals surface area contributed by atoms with E-state index in [0.717, 1.165) is 24.8 Å². The average molecular weight is 215 g/mol. The third-order valence-corrected chi connectivity index (χ3v) is 4.66. The van der Waals surface area contributed by atoms with Crippen LogP contribution in [0.3, 0.4) is 0 Å². The minimum atomic E-state index is 0.0360. The third-order valence-electron chi connectivity index (χ3n) is 3.41. The normalized spacial score (nSPS) is 39.2. The predicted molar refractivity (Wildman–Crippen MR) is 61.6 cm³/mol. The molecule has 2 heterocycles. The fourth-order valence-corrected chi connectivity index (χ4v) is 3.30. The molecule has 2 saturated heterocycles. The van der Waals surface area contributed by atoms with Crippen molar-refractivity contribution in [3.8, 4) is 0 Å². The molecule has 0 radical (unpaired) electrons. The summed E-state index contributed by atoms with van der Waals surface area (Å²) in [7, 11) is 0. The van der Waals surface area contributed by atoms with E-state index in [1.165, 1.54) is 18.6 Å². The highest BCUT2D eigenvalue weighted by Gasteiger charge is 2.37. The summed E-state index contributed by atoms with van der Waals surface area (Å²) in [6, 6.07) is 0. The summed E-state index contributed by atoms with van der Waals surface area (Å²) >= 11 is 2.02. The Morgan fingerprint density at radius 1 is 1.50 bits per heavy atom. The lowest BCUT2D eigenvalue weighted by Gasteiger charge is -2.44. The first-order valence-electron chi connectivity index (χ1n) is 5.69. The van der Waals surface area contributed by atoms with Crippen LogP contribution in [0.25, 0.3) is 0 Å². The Kier molecular flexibility index (Phi) is 3.40. The SMILES string of the molecule is CC(C)C1CNC2(CCCSC2)OC1.